The quantitative estimate of drug-likeness (QED) is 0.528. The van der Waals surface area contributed by atoms with Gasteiger partial charge in [0.1, 0.15) is 5.75 Å². The topological polar surface area (TPSA) is 79.5 Å². The molecule has 0 unspecified atom stereocenters. The maximum Gasteiger partial charge on any atom is 0.239 e. The molecule has 1 fully saturated rings. The molecule has 0 spiro atoms. The summed E-state index contributed by atoms with van der Waals surface area (Å²) >= 11 is 3.51. The van der Waals surface area contributed by atoms with Gasteiger partial charge in [-0.3, -0.25) is 9.59 Å². The highest BCUT2D eigenvalue weighted by Crippen LogP contribution is 2.28. The number of nitrogens with one attached hydrogen (secondary N) is 3. The zero-order chi connectivity index (χ0) is 20.6. The summed E-state index contributed by atoms with van der Waals surface area (Å²) in [7, 11) is 1.59. The standard InChI is InChI=1S/C22H26BrN3O3/c1-29-17-7-5-16(6-8-17)22(28)18-3-2-4-19(21(18)23)25-14-20(27)26-13-15-9-11-24-12-10-15/h2-8,15,24-25H,9-14H2,1H3,(H,26,27). The Labute approximate surface area is 179 Å². The van der Waals surface area contributed by atoms with Crippen molar-refractivity contribution >= 4 is 33.3 Å². The van der Waals surface area contributed by atoms with Crippen LogP contribution in [0.1, 0.15) is 28.8 Å². The van der Waals surface area contributed by atoms with Crippen molar-refractivity contribution in [3.05, 3.63) is 58.1 Å². The van der Waals surface area contributed by atoms with Crippen LogP contribution in [-0.4, -0.2) is 45.0 Å². The number of hydrogen-bond donors (Lipinski definition) is 3. The molecule has 1 aliphatic heterocycles. The van der Waals surface area contributed by atoms with E-state index in [1.54, 1.807) is 43.5 Å². The first-order chi connectivity index (χ1) is 14.1. The fraction of sp³-hybridized carbons (Fsp3) is 0.364. The van der Waals surface area contributed by atoms with Crippen LogP contribution in [0.25, 0.3) is 0 Å². The zero-order valence-electron chi connectivity index (χ0n) is 16.5. The molecule has 0 bridgehead atoms. The lowest BCUT2D eigenvalue weighted by atomic mass is 9.98. The number of benzene rings is 2. The van der Waals surface area contributed by atoms with Gasteiger partial charge < -0.3 is 20.7 Å². The van der Waals surface area contributed by atoms with Crippen molar-refractivity contribution in [3.8, 4) is 5.75 Å². The summed E-state index contributed by atoms with van der Waals surface area (Å²) in [6, 6.07) is 12.4. The Balaban J connectivity index is 1.59. The summed E-state index contributed by atoms with van der Waals surface area (Å²) in [5.74, 6) is 1.09. The van der Waals surface area contributed by atoms with Crippen LogP contribution >= 0.6 is 15.9 Å². The van der Waals surface area contributed by atoms with Crippen LogP contribution in [0.5, 0.6) is 5.75 Å². The lowest BCUT2D eigenvalue weighted by molar-refractivity contribution is -0.119. The van der Waals surface area contributed by atoms with Gasteiger partial charge in [-0.25, -0.2) is 0 Å². The van der Waals surface area contributed by atoms with Crippen LogP contribution in [0.2, 0.25) is 0 Å². The Kier molecular flexibility index (Phi) is 7.66. The Morgan fingerprint density at radius 2 is 1.86 bits per heavy atom. The molecule has 3 rings (SSSR count). The fourth-order valence-corrected chi connectivity index (χ4v) is 3.91. The largest absolute Gasteiger partial charge is 0.497 e. The average Bonchev–Trinajstić information content (AvgIpc) is 2.77. The van der Waals surface area contributed by atoms with Gasteiger partial charge in [-0.1, -0.05) is 6.07 Å². The Bertz CT molecular complexity index is 849. The summed E-state index contributed by atoms with van der Waals surface area (Å²) in [4.78, 5) is 25.0. The molecule has 2 aromatic rings. The maximum absolute atomic E-state index is 12.9. The third-order valence-corrected chi connectivity index (χ3v) is 5.94. The molecule has 6 nitrogen and oxygen atoms in total. The van der Waals surface area contributed by atoms with Crippen LogP contribution < -0.4 is 20.7 Å². The fourth-order valence-electron chi connectivity index (χ4n) is 3.32. The number of amides is 1. The highest BCUT2D eigenvalue weighted by molar-refractivity contribution is 9.10. The van der Waals surface area contributed by atoms with Crippen molar-refractivity contribution in [2.45, 2.75) is 12.8 Å². The second-order valence-corrected chi connectivity index (χ2v) is 7.87. The van der Waals surface area contributed by atoms with Crippen molar-refractivity contribution < 1.29 is 14.3 Å². The van der Waals surface area contributed by atoms with Gasteiger partial charge in [-0.2, -0.15) is 0 Å². The van der Waals surface area contributed by atoms with Gasteiger partial charge in [0.2, 0.25) is 5.91 Å². The van der Waals surface area contributed by atoms with Crippen molar-refractivity contribution in [1.82, 2.24) is 10.6 Å². The summed E-state index contributed by atoms with van der Waals surface area (Å²) in [5.41, 5.74) is 1.82. The zero-order valence-corrected chi connectivity index (χ0v) is 18.1. The lowest BCUT2D eigenvalue weighted by Gasteiger charge is -2.22. The molecule has 1 saturated heterocycles. The summed E-state index contributed by atoms with van der Waals surface area (Å²) < 4.78 is 5.78. The molecule has 1 heterocycles. The third kappa shape index (κ3) is 5.81. The number of piperidine rings is 1. The van der Waals surface area contributed by atoms with Crippen LogP contribution in [0.3, 0.4) is 0 Å². The average molecular weight is 460 g/mol. The van der Waals surface area contributed by atoms with Gasteiger partial charge in [0, 0.05) is 23.4 Å². The molecule has 7 heteroatoms. The number of anilines is 1. The molecular formula is C22H26BrN3O3. The van der Waals surface area contributed by atoms with E-state index in [0.717, 1.165) is 25.9 Å². The first kappa shape index (κ1) is 21.3. The van der Waals surface area contributed by atoms with E-state index in [1.165, 1.54) is 0 Å². The highest BCUT2D eigenvalue weighted by atomic mass is 79.9. The number of ketones is 1. The van der Waals surface area contributed by atoms with Crippen LogP contribution in [0.4, 0.5) is 5.69 Å². The Morgan fingerprint density at radius 3 is 2.55 bits per heavy atom. The Morgan fingerprint density at radius 1 is 1.14 bits per heavy atom. The van der Waals surface area contributed by atoms with E-state index in [0.29, 0.717) is 39.5 Å². The number of methoxy groups -OCH3 is 1. The number of rotatable bonds is 8. The first-order valence-corrected chi connectivity index (χ1v) is 10.6. The molecule has 3 N–H and O–H groups in total. The molecule has 29 heavy (non-hydrogen) atoms. The van der Waals surface area contributed by atoms with Gasteiger partial charge in [0.15, 0.2) is 5.78 Å². The number of carbonyl (C=O) groups excluding carboxylic acids is 2. The predicted octanol–water partition coefficient (Wildman–Crippen LogP) is 3.22. The minimum atomic E-state index is -0.0986. The smallest absolute Gasteiger partial charge is 0.239 e. The van der Waals surface area contributed by atoms with Gasteiger partial charge in [0.05, 0.1) is 18.1 Å². The minimum Gasteiger partial charge on any atom is -0.497 e. The van der Waals surface area contributed by atoms with Crippen molar-refractivity contribution in [1.29, 1.82) is 0 Å². The van der Waals surface area contributed by atoms with E-state index < -0.39 is 0 Å². The monoisotopic (exact) mass is 459 g/mol. The van der Waals surface area contributed by atoms with E-state index in [9.17, 15) is 9.59 Å². The molecule has 0 saturated carbocycles. The van der Waals surface area contributed by atoms with Gasteiger partial charge >= 0.3 is 0 Å². The number of hydrogen-bond acceptors (Lipinski definition) is 5. The van der Waals surface area contributed by atoms with E-state index in [4.69, 9.17) is 4.74 Å². The number of ether oxygens (including phenoxy) is 1. The normalized spacial score (nSPS) is 14.3. The van der Waals surface area contributed by atoms with Gasteiger partial charge in [-0.05, 0) is 84.2 Å². The SMILES string of the molecule is COc1ccc(C(=O)c2cccc(NCC(=O)NCC3CCNCC3)c2Br)cc1. The van der Waals surface area contributed by atoms with Crippen molar-refractivity contribution in [2.24, 2.45) is 5.92 Å². The minimum absolute atomic E-state index is 0.0534. The van der Waals surface area contributed by atoms with Crippen molar-refractivity contribution in [2.75, 3.05) is 38.6 Å². The number of halogens is 1. The van der Waals surface area contributed by atoms with E-state index in [-0.39, 0.29) is 18.2 Å². The van der Waals surface area contributed by atoms with Gasteiger partial charge in [0.25, 0.3) is 0 Å². The summed E-state index contributed by atoms with van der Waals surface area (Å²) in [6.45, 7) is 2.89. The van der Waals surface area contributed by atoms with Gasteiger partial charge in [-0.15, -0.1) is 0 Å². The van der Waals surface area contributed by atoms with E-state index in [1.807, 2.05) is 6.07 Å². The van der Waals surface area contributed by atoms with Crippen LogP contribution in [-0.2, 0) is 4.79 Å². The second kappa shape index (κ2) is 10.4. The van der Waals surface area contributed by atoms with E-state index in [2.05, 4.69) is 31.9 Å². The van der Waals surface area contributed by atoms with Crippen LogP contribution in [0, 0.1) is 5.92 Å². The number of carbonyl (C=O) groups is 2. The van der Waals surface area contributed by atoms with E-state index >= 15 is 0 Å². The maximum atomic E-state index is 12.9. The molecule has 0 aliphatic carbocycles. The molecule has 1 aliphatic rings. The lowest BCUT2D eigenvalue weighted by Crippen LogP contribution is -2.38. The molecule has 1 amide bonds. The molecule has 0 atom stereocenters. The molecule has 0 radical (unpaired) electrons. The molecule has 0 aromatic heterocycles. The first-order valence-electron chi connectivity index (χ1n) is 9.77. The second-order valence-electron chi connectivity index (χ2n) is 7.08. The third-order valence-electron chi connectivity index (χ3n) is 5.08. The summed E-state index contributed by atoms with van der Waals surface area (Å²) in [5, 5.41) is 9.44. The molecule has 2 aromatic carbocycles. The Hall–Kier alpha value is -2.38. The van der Waals surface area contributed by atoms with Crippen LogP contribution in [0.15, 0.2) is 46.9 Å². The molecule has 154 valence electrons. The molecular weight excluding hydrogens is 434 g/mol. The highest BCUT2D eigenvalue weighted by Gasteiger charge is 2.16. The predicted molar refractivity (Wildman–Crippen MR) is 118 cm³/mol. The summed E-state index contributed by atoms with van der Waals surface area (Å²) in [6.07, 6.45) is 2.18. The van der Waals surface area contributed by atoms with Crippen molar-refractivity contribution in [3.63, 3.8) is 0 Å².